The summed E-state index contributed by atoms with van der Waals surface area (Å²) in [7, 11) is 1.66. The van der Waals surface area contributed by atoms with Gasteiger partial charge in [-0.05, 0) is 25.0 Å². The predicted molar refractivity (Wildman–Crippen MR) is 76.1 cm³/mol. The molecule has 0 bridgehead atoms. The summed E-state index contributed by atoms with van der Waals surface area (Å²) in [5.41, 5.74) is 0.219. The van der Waals surface area contributed by atoms with Crippen LogP contribution in [0.1, 0.15) is 31.2 Å². The maximum Gasteiger partial charge on any atom is 0.227 e. The number of benzene rings is 1. The lowest BCUT2D eigenvalue weighted by Crippen LogP contribution is -2.46. The molecule has 1 fully saturated rings. The maximum atomic E-state index is 13.7. The van der Waals surface area contributed by atoms with Crippen molar-refractivity contribution in [2.75, 3.05) is 7.05 Å². The highest BCUT2D eigenvalue weighted by atomic mass is 35.5. The van der Waals surface area contributed by atoms with E-state index in [2.05, 4.69) is 0 Å². The second-order valence-corrected chi connectivity index (χ2v) is 5.71. The van der Waals surface area contributed by atoms with E-state index in [9.17, 15) is 14.3 Å². The molecule has 2 atom stereocenters. The number of hydrogen-bond acceptors (Lipinski definition) is 2. The maximum absolute atomic E-state index is 13.7. The fraction of sp³-hybridized carbons (Fsp3) is 0.533. The van der Waals surface area contributed by atoms with Crippen LogP contribution in [0, 0.1) is 5.82 Å². The Kier molecular flexibility index (Phi) is 5.00. The number of aliphatic hydroxyl groups excluding tert-OH is 1. The molecule has 1 saturated carbocycles. The second kappa shape index (κ2) is 6.55. The summed E-state index contributed by atoms with van der Waals surface area (Å²) in [6, 6.07) is 4.20. The number of rotatable bonds is 3. The molecule has 0 radical (unpaired) electrons. The average molecular weight is 300 g/mol. The first-order chi connectivity index (χ1) is 9.50. The van der Waals surface area contributed by atoms with Gasteiger partial charge in [0.1, 0.15) is 5.82 Å². The Morgan fingerprint density at radius 1 is 1.45 bits per heavy atom. The van der Waals surface area contributed by atoms with Gasteiger partial charge in [0.25, 0.3) is 0 Å². The molecule has 5 heteroatoms. The summed E-state index contributed by atoms with van der Waals surface area (Å²) in [5, 5.41) is 10.2. The lowest BCUT2D eigenvalue weighted by atomic mass is 9.91. The van der Waals surface area contributed by atoms with Crippen LogP contribution in [-0.4, -0.2) is 35.1 Å². The van der Waals surface area contributed by atoms with Crippen molar-refractivity contribution in [2.24, 2.45) is 0 Å². The van der Waals surface area contributed by atoms with Crippen LogP contribution in [0.2, 0.25) is 5.02 Å². The van der Waals surface area contributed by atoms with E-state index in [1.807, 2.05) is 0 Å². The zero-order valence-electron chi connectivity index (χ0n) is 11.5. The van der Waals surface area contributed by atoms with E-state index in [1.165, 1.54) is 17.0 Å². The molecule has 1 aliphatic rings. The van der Waals surface area contributed by atoms with E-state index in [1.54, 1.807) is 13.1 Å². The van der Waals surface area contributed by atoms with Crippen molar-refractivity contribution in [3.63, 3.8) is 0 Å². The van der Waals surface area contributed by atoms with E-state index in [4.69, 9.17) is 11.6 Å². The molecule has 2 unspecified atom stereocenters. The monoisotopic (exact) mass is 299 g/mol. The van der Waals surface area contributed by atoms with E-state index < -0.39 is 11.9 Å². The van der Waals surface area contributed by atoms with Crippen molar-refractivity contribution >= 4 is 17.5 Å². The Bertz CT molecular complexity index is 475. The Balaban J connectivity index is 2.07. The lowest BCUT2D eigenvalue weighted by molar-refractivity contribution is -0.134. The molecule has 1 aliphatic carbocycles. The van der Waals surface area contributed by atoms with Crippen molar-refractivity contribution < 1.29 is 14.3 Å². The third kappa shape index (κ3) is 3.30. The van der Waals surface area contributed by atoms with Crippen LogP contribution in [0.4, 0.5) is 4.39 Å². The van der Waals surface area contributed by atoms with Crippen molar-refractivity contribution in [3.05, 3.63) is 34.6 Å². The number of hydrogen-bond donors (Lipinski definition) is 1. The molecule has 1 amide bonds. The summed E-state index contributed by atoms with van der Waals surface area (Å²) in [4.78, 5) is 13.8. The summed E-state index contributed by atoms with van der Waals surface area (Å²) < 4.78 is 13.7. The number of carbonyl (C=O) groups is 1. The molecule has 1 N–H and O–H groups in total. The van der Waals surface area contributed by atoms with Gasteiger partial charge in [-0.2, -0.15) is 0 Å². The lowest BCUT2D eigenvalue weighted by Gasteiger charge is -2.35. The highest BCUT2D eigenvalue weighted by molar-refractivity contribution is 6.31. The highest BCUT2D eigenvalue weighted by Crippen LogP contribution is 2.24. The number of carbonyl (C=O) groups excluding carboxylic acids is 1. The van der Waals surface area contributed by atoms with E-state index >= 15 is 0 Å². The Labute approximate surface area is 123 Å². The van der Waals surface area contributed by atoms with Gasteiger partial charge in [0, 0.05) is 17.6 Å². The minimum atomic E-state index is -0.492. The molecule has 0 aliphatic heterocycles. The van der Waals surface area contributed by atoms with Gasteiger partial charge >= 0.3 is 0 Å². The molecule has 110 valence electrons. The minimum absolute atomic E-state index is 0.0781. The first kappa shape index (κ1) is 15.3. The van der Waals surface area contributed by atoms with Crippen LogP contribution >= 0.6 is 11.6 Å². The van der Waals surface area contributed by atoms with Gasteiger partial charge in [-0.1, -0.05) is 30.5 Å². The third-order valence-corrected chi connectivity index (χ3v) is 4.33. The van der Waals surface area contributed by atoms with Gasteiger partial charge in [-0.15, -0.1) is 0 Å². The fourth-order valence-electron chi connectivity index (χ4n) is 2.71. The molecule has 0 heterocycles. The SMILES string of the molecule is CN(C(=O)Cc1c(F)cccc1Cl)C1CCCCC1O. The summed E-state index contributed by atoms with van der Waals surface area (Å²) in [6.45, 7) is 0. The first-order valence-electron chi connectivity index (χ1n) is 6.87. The molecule has 1 aromatic carbocycles. The molecule has 1 aromatic rings. The molecule has 3 nitrogen and oxygen atoms in total. The van der Waals surface area contributed by atoms with Crippen LogP contribution in [-0.2, 0) is 11.2 Å². The van der Waals surface area contributed by atoms with Crippen molar-refractivity contribution in [1.29, 1.82) is 0 Å². The summed E-state index contributed by atoms with van der Waals surface area (Å²) >= 11 is 5.93. The van der Waals surface area contributed by atoms with Crippen LogP contribution in [0.25, 0.3) is 0 Å². The molecular weight excluding hydrogens is 281 g/mol. The van der Waals surface area contributed by atoms with Crippen molar-refractivity contribution in [2.45, 2.75) is 44.2 Å². The normalized spacial score (nSPS) is 22.6. The minimum Gasteiger partial charge on any atom is -0.391 e. The Morgan fingerprint density at radius 2 is 2.15 bits per heavy atom. The zero-order valence-corrected chi connectivity index (χ0v) is 12.2. The van der Waals surface area contributed by atoms with Crippen LogP contribution in [0.5, 0.6) is 0 Å². The third-order valence-electron chi connectivity index (χ3n) is 3.97. The summed E-state index contributed by atoms with van der Waals surface area (Å²) in [6.07, 6.45) is 2.91. The standard InChI is InChI=1S/C15H19ClFNO2/c1-18(13-7-2-3-8-14(13)19)15(20)9-10-11(16)5-4-6-12(10)17/h4-6,13-14,19H,2-3,7-9H2,1H3. The average Bonchev–Trinajstić information content (AvgIpc) is 2.42. The van der Waals surface area contributed by atoms with Crippen LogP contribution in [0.3, 0.4) is 0 Å². The second-order valence-electron chi connectivity index (χ2n) is 5.30. The van der Waals surface area contributed by atoms with Crippen molar-refractivity contribution in [1.82, 2.24) is 4.90 Å². The van der Waals surface area contributed by atoms with Gasteiger partial charge in [0.15, 0.2) is 0 Å². The largest absolute Gasteiger partial charge is 0.391 e. The van der Waals surface area contributed by atoms with E-state index in [0.717, 1.165) is 19.3 Å². The van der Waals surface area contributed by atoms with Gasteiger partial charge in [0.05, 0.1) is 18.6 Å². The van der Waals surface area contributed by atoms with E-state index in [-0.39, 0.29) is 29.0 Å². The van der Waals surface area contributed by atoms with Gasteiger partial charge in [-0.3, -0.25) is 4.79 Å². The predicted octanol–water partition coefficient (Wildman–Crippen LogP) is 2.78. The summed E-state index contributed by atoms with van der Waals surface area (Å²) in [5.74, 6) is -0.689. The van der Waals surface area contributed by atoms with Gasteiger partial charge in [0.2, 0.25) is 5.91 Å². The van der Waals surface area contributed by atoms with E-state index in [0.29, 0.717) is 6.42 Å². The van der Waals surface area contributed by atoms with Crippen LogP contribution in [0.15, 0.2) is 18.2 Å². The Hall–Kier alpha value is -1.13. The molecular formula is C15H19ClFNO2. The van der Waals surface area contributed by atoms with Gasteiger partial charge < -0.3 is 10.0 Å². The molecule has 0 spiro atoms. The number of halogens is 2. The zero-order chi connectivity index (χ0) is 14.7. The molecule has 0 aromatic heterocycles. The molecule has 0 saturated heterocycles. The number of likely N-dealkylation sites (N-methyl/N-ethyl adjacent to an activating group) is 1. The van der Waals surface area contributed by atoms with Crippen molar-refractivity contribution in [3.8, 4) is 0 Å². The molecule has 20 heavy (non-hydrogen) atoms. The number of aliphatic hydroxyl groups is 1. The highest BCUT2D eigenvalue weighted by Gasteiger charge is 2.29. The first-order valence-corrected chi connectivity index (χ1v) is 7.25. The van der Waals surface area contributed by atoms with Gasteiger partial charge in [-0.25, -0.2) is 4.39 Å². The Morgan fingerprint density at radius 3 is 2.80 bits per heavy atom. The fourth-order valence-corrected chi connectivity index (χ4v) is 2.94. The quantitative estimate of drug-likeness (QED) is 0.932. The van der Waals surface area contributed by atoms with Crippen LogP contribution < -0.4 is 0 Å². The molecule has 2 rings (SSSR count). The number of amides is 1. The number of nitrogens with zero attached hydrogens (tertiary/aromatic N) is 1. The smallest absolute Gasteiger partial charge is 0.227 e. The topological polar surface area (TPSA) is 40.5 Å².